The number of hydrogen-bond donors (Lipinski definition) is 1. The minimum Gasteiger partial charge on any atom is -0.497 e. The molecule has 8 heteroatoms. The summed E-state index contributed by atoms with van der Waals surface area (Å²) in [7, 11) is 1.57. The highest BCUT2D eigenvalue weighted by atomic mass is 19.1. The van der Waals surface area contributed by atoms with Gasteiger partial charge in [-0.15, -0.1) is 0 Å². The fourth-order valence-corrected chi connectivity index (χ4v) is 3.63. The molecule has 1 aliphatic rings. The molecular formula is C23H22FN3O4. The van der Waals surface area contributed by atoms with E-state index in [2.05, 4.69) is 10.5 Å². The summed E-state index contributed by atoms with van der Waals surface area (Å²) in [6.07, 6.45) is 1.29. The molecule has 1 saturated heterocycles. The highest BCUT2D eigenvalue weighted by molar-refractivity contribution is 5.97. The first-order chi connectivity index (χ1) is 15.0. The van der Waals surface area contributed by atoms with Gasteiger partial charge in [0.1, 0.15) is 17.6 Å². The van der Waals surface area contributed by atoms with Crippen molar-refractivity contribution in [3.63, 3.8) is 0 Å². The maximum absolute atomic E-state index is 13.0. The molecule has 0 spiro atoms. The molecule has 3 aromatic rings. The number of nitrogens with one attached hydrogen (secondary N) is 1. The molecule has 0 saturated carbocycles. The Balaban J connectivity index is 1.43. The number of aromatic nitrogens is 1. The molecule has 0 bridgehead atoms. The second kappa shape index (κ2) is 8.99. The Bertz CT molecular complexity index is 1080. The molecule has 7 nitrogen and oxygen atoms in total. The van der Waals surface area contributed by atoms with E-state index in [0.717, 1.165) is 17.5 Å². The summed E-state index contributed by atoms with van der Waals surface area (Å²) in [5.74, 6) is 0.186. The van der Waals surface area contributed by atoms with Crippen molar-refractivity contribution in [2.45, 2.75) is 25.4 Å². The molecule has 2 heterocycles. The zero-order chi connectivity index (χ0) is 21.8. The molecule has 31 heavy (non-hydrogen) atoms. The number of methoxy groups -OCH3 is 1. The Morgan fingerprint density at radius 2 is 2.03 bits per heavy atom. The first-order valence-corrected chi connectivity index (χ1v) is 9.99. The van der Waals surface area contributed by atoms with E-state index < -0.39 is 6.04 Å². The maximum Gasteiger partial charge on any atom is 0.276 e. The molecule has 0 unspecified atom stereocenters. The van der Waals surface area contributed by atoms with Gasteiger partial charge < -0.3 is 19.5 Å². The fourth-order valence-electron chi connectivity index (χ4n) is 3.63. The number of carbonyl (C=O) groups is 2. The van der Waals surface area contributed by atoms with Gasteiger partial charge in [-0.25, -0.2) is 4.39 Å². The van der Waals surface area contributed by atoms with Gasteiger partial charge in [0.05, 0.1) is 7.11 Å². The number of ether oxygens (including phenoxy) is 1. The van der Waals surface area contributed by atoms with Gasteiger partial charge in [0.15, 0.2) is 11.5 Å². The van der Waals surface area contributed by atoms with Crippen LogP contribution in [-0.4, -0.2) is 41.6 Å². The predicted octanol–water partition coefficient (Wildman–Crippen LogP) is 3.41. The van der Waals surface area contributed by atoms with Gasteiger partial charge in [-0.1, -0.05) is 29.4 Å². The van der Waals surface area contributed by atoms with Crippen molar-refractivity contribution < 1.29 is 23.2 Å². The molecular weight excluding hydrogens is 401 g/mol. The number of carbonyl (C=O) groups excluding carboxylic acids is 2. The number of halogens is 1. The van der Waals surface area contributed by atoms with Crippen LogP contribution in [0.4, 0.5) is 4.39 Å². The third kappa shape index (κ3) is 4.58. The number of hydrogen-bond acceptors (Lipinski definition) is 5. The summed E-state index contributed by atoms with van der Waals surface area (Å²) in [4.78, 5) is 27.2. The Morgan fingerprint density at radius 3 is 2.81 bits per heavy atom. The van der Waals surface area contributed by atoms with E-state index in [9.17, 15) is 14.0 Å². The van der Waals surface area contributed by atoms with Crippen molar-refractivity contribution in [1.82, 2.24) is 15.4 Å². The Hall–Kier alpha value is -3.68. The van der Waals surface area contributed by atoms with Crippen molar-refractivity contribution in [1.29, 1.82) is 0 Å². The van der Waals surface area contributed by atoms with E-state index >= 15 is 0 Å². The van der Waals surface area contributed by atoms with Crippen molar-refractivity contribution >= 4 is 11.8 Å². The Kier molecular flexibility index (Phi) is 5.97. The average molecular weight is 423 g/mol. The number of rotatable bonds is 6. The molecule has 0 aliphatic carbocycles. The van der Waals surface area contributed by atoms with Gasteiger partial charge in [0.2, 0.25) is 5.91 Å². The molecule has 1 atom stereocenters. The van der Waals surface area contributed by atoms with Crippen LogP contribution < -0.4 is 10.1 Å². The van der Waals surface area contributed by atoms with Crippen LogP contribution in [0.25, 0.3) is 11.3 Å². The second-order valence-electron chi connectivity index (χ2n) is 7.31. The lowest BCUT2D eigenvalue weighted by molar-refractivity contribution is -0.125. The molecule has 4 rings (SSSR count). The lowest BCUT2D eigenvalue weighted by atomic mass is 10.1. The van der Waals surface area contributed by atoms with Gasteiger partial charge in [0.25, 0.3) is 5.91 Å². The van der Waals surface area contributed by atoms with Crippen molar-refractivity contribution in [3.05, 3.63) is 71.7 Å². The summed E-state index contributed by atoms with van der Waals surface area (Å²) in [6, 6.07) is 14.2. The predicted molar refractivity (Wildman–Crippen MR) is 111 cm³/mol. The summed E-state index contributed by atoms with van der Waals surface area (Å²) >= 11 is 0. The van der Waals surface area contributed by atoms with Crippen LogP contribution in [0.2, 0.25) is 0 Å². The molecule has 1 aliphatic heterocycles. The number of amides is 2. The van der Waals surface area contributed by atoms with E-state index in [1.807, 2.05) is 18.2 Å². The van der Waals surface area contributed by atoms with E-state index in [1.165, 1.54) is 17.0 Å². The smallest absolute Gasteiger partial charge is 0.276 e. The van der Waals surface area contributed by atoms with Crippen LogP contribution in [0.5, 0.6) is 5.75 Å². The standard InChI is InChI=1S/C23H22FN3O4/c1-30-18-5-2-4-16(12-18)21-13-19(26-31-21)23(29)27-11-3-6-20(27)22(28)25-14-15-7-9-17(24)10-8-15/h2,4-5,7-10,12-13,20H,3,6,11,14H2,1H3,(H,25,28)/t20-/m0/s1. The first kappa shape index (κ1) is 20.6. The van der Waals surface area contributed by atoms with Gasteiger partial charge in [-0.05, 0) is 42.7 Å². The van der Waals surface area contributed by atoms with E-state index in [1.54, 1.807) is 31.4 Å². The maximum atomic E-state index is 13.0. The first-order valence-electron chi connectivity index (χ1n) is 9.99. The third-order valence-corrected chi connectivity index (χ3v) is 5.28. The molecule has 1 aromatic heterocycles. The van der Waals surface area contributed by atoms with Crippen LogP contribution >= 0.6 is 0 Å². The van der Waals surface area contributed by atoms with Gasteiger partial charge in [0, 0.05) is 24.7 Å². The minimum absolute atomic E-state index is 0.149. The van der Waals surface area contributed by atoms with Crippen LogP contribution in [-0.2, 0) is 11.3 Å². The third-order valence-electron chi connectivity index (χ3n) is 5.28. The lowest BCUT2D eigenvalue weighted by Gasteiger charge is -2.23. The Labute approximate surface area is 178 Å². The van der Waals surface area contributed by atoms with Crippen LogP contribution in [0, 0.1) is 5.82 Å². The number of likely N-dealkylation sites (tertiary alicyclic amines) is 1. The summed E-state index contributed by atoms with van der Waals surface area (Å²) in [5.41, 5.74) is 1.67. The van der Waals surface area contributed by atoms with Crippen LogP contribution in [0.15, 0.2) is 59.1 Å². The van der Waals surface area contributed by atoms with Crippen molar-refractivity contribution in [3.8, 4) is 17.1 Å². The average Bonchev–Trinajstić information content (AvgIpc) is 3.48. The number of nitrogens with zero attached hydrogens (tertiary/aromatic N) is 2. The van der Waals surface area contributed by atoms with Gasteiger partial charge in [-0.2, -0.15) is 0 Å². The largest absolute Gasteiger partial charge is 0.497 e. The zero-order valence-electron chi connectivity index (χ0n) is 17.0. The quantitative estimate of drug-likeness (QED) is 0.657. The van der Waals surface area contributed by atoms with Crippen LogP contribution in [0.3, 0.4) is 0 Å². The molecule has 0 radical (unpaired) electrons. The van der Waals surface area contributed by atoms with Gasteiger partial charge in [-0.3, -0.25) is 9.59 Å². The fraction of sp³-hybridized carbons (Fsp3) is 0.261. The lowest BCUT2D eigenvalue weighted by Crippen LogP contribution is -2.45. The minimum atomic E-state index is -0.579. The van der Waals surface area contributed by atoms with Crippen LogP contribution in [0.1, 0.15) is 28.9 Å². The zero-order valence-corrected chi connectivity index (χ0v) is 17.0. The molecule has 1 N–H and O–H groups in total. The molecule has 160 valence electrons. The highest BCUT2D eigenvalue weighted by Crippen LogP contribution is 2.26. The topological polar surface area (TPSA) is 84.7 Å². The second-order valence-corrected chi connectivity index (χ2v) is 7.31. The number of benzene rings is 2. The summed E-state index contributed by atoms with van der Waals surface area (Å²) in [5, 5.41) is 6.74. The Morgan fingerprint density at radius 1 is 1.23 bits per heavy atom. The molecule has 2 amide bonds. The van der Waals surface area contributed by atoms with E-state index in [4.69, 9.17) is 9.26 Å². The van der Waals surface area contributed by atoms with Gasteiger partial charge >= 0.3 is 0 Å². The van der Waals surface area contributed by atoms with Crippen molar-refractivity contribution in [2.75, 3.05) is 13.7 Å². The normalized spacial score (nSPS) is 15.7. The summed E-state index contributed by atoms with van der Waals surface area (Å²) < 4.78 is 23.6. The highest BCUT2D eigenvalue weighted by Gasteiger charge is 2.35. The van der Waals surface area contributed by atoms with E-state index in [0.29, 0.717) is 24.5 Å². The molecule has 2 aromatic carbocycles. The monoisotopic (exact) mass is 423 g/mol. The summed E-state index contributed by atoms with van der Waals surface area (Å²) in [6.45, 7) is 0.733. The molecule has 1 fully saturated rings. The van der Waals surface area contributed by atoms with E-state index in [-0.39, 0.29) is 29.9 Å². The van der Waals surface area contributed by atoms with Crippen molar-refractivity contribution in [2.24, 2.45) is 0 Å². The SMILES string of the molecule is COc1cccc(-c2cc(C(=O)N3CCC[C@H]3C(=O)NCc3ccc(F)cc3)no2)c1.